The minimum Gasteiger partial charge on any atom is -0.497 e. The van der Waals surface area contributed by atoms with Gasteiger partial charge in [0.1, 0.15) is 34.7 Å². The van der Waals surface area contributed by atoms with Crippen molar-refractivity contribution in [2.75, 3.05) is 13.7 Å². The summed E-state index contributed by atoms with van der Waals surface area (Å²) in [6.45, 7) is 7.49. The van der Waals surface area contributed by atoms with Crippen LogP contribution in [0, 0.1) is 11.3 Å². The standard InChI is InChI=1S/C31H27NO8S2/c1-6-37-29(35)22(17-32)30-41-25-23(38-27(33)18-7-11-20(36-5)12-8-18)15-16-24(26(25)42-30)39-28(34)19-9-13-21(14-10-19)40-31(2,3)4/h7-16H,6H2,1-5H3/b30-22-. The number of nitriles is 1. The Morgan fingerprint density at radius 2 is 1.26 bits per heavy atom. The fourth-order valence-corrected chi connectivity index (χ4v) is 6.18. The summed E-state index contributed by atoms with van der Waals surface area (Å²) in [5, 5.41) is 9.70. The lowest BCUT2D eigenvalue weighted by atomic mass is 10.1. The topological polar surface area (TPSA) is 121 Å². The highest BCUT2D eigenvalue weighted by molar-refractivity contribution is 8.24. The lowest BCUT2D eigenvalue weighted by Gasteiger charge is -2.21. The van der Waals surface area contributed by atoms with E-state index in [4.69, 9.17) is 23.7 Å². The minimum atomic E-state index is -0.782. The highest BCUT2D eigenvalue weighted by Gasteiger charge is 2.32. The van der Waals surface area contributed by atoms with Crippen molar-refractivity contribution in [3.8, 4) is 29.1 Å². The second-order valence-corrected chi connectivity index (χ2v) is 12.0. The van der Waals surface area contributed by atoms with Crippen LogP contribution in [0.15, 0.2) is 80.3 Å². The Kier molecular flexibility index (Phi) is 9.50. The smallest absolute Gasteiger partial charge is 0.350 e. The van der Waals surface area contributed by atoms with E-state index < -0.39 is 23.5 Å². The summed E-state index contributed by atoms with van der Waals surface area (Å²) in [6.07, 6.45) is 0. The van der Waals surface area contributed by atoms with E-state index in [9.17, 15) is 19.6 Å². The van der Waals surface area contributed by atoms with Crippen LogP contribution in [0.1, 0.15) is 48.4 Å². The SMILES string of the molecule is CCOC(=O)/C(C#N)=C1/Sc2c(OC(=O)c3ccc(OC)cc3)ccc(OC(=O)c3ccc(OC(C)(C)C)cc3)c2S1. The number of esters is 3. The van der Waals surface area contributed by atoms with Crippen LogP contribution in [0.4, 0.5) is 0 Å². The van der Waals surface area contributed by atoms with Gasteiger partial charge in [0, 0.05) is 0 Å². The maximum absolute atomic E-state index is 13.1. The van der Waals surface area contributed by atoms with Crippen LogP contribution in [-0.4, -0.2) is 37.2 Å². The zero-order valence-corrected chi connectivity index (χ0v) is 25.1. The average Bonchev–Trinajstić information content (AvgIpc) is 3.40. The zero-order chi connectivity index (χ0) is 30.4. The Bertz CT molecular complexity index is 1580. The number of hydrogen-bond acceptors (Lipinski definition) is 11. The van der Waals surface area contributed by atoms with Gasteiger partial charge in [-0.25, -0.2) is 14.4 Å². The van der Waals surface area contributed by atoms with Gasteiger partial charge in [-0.15, -0.1) is 0 Å². The van der Waals surface area contributed by atoms with E-state index in [1.165, 1.54) is 19.2 Å². The van der Waals surface area contributed by atoms with Crippen molar-refractivity contribution in [3.05, 3.63) is 81.6 Å². The molecule has 216 valence electrons. The number of nitrogens with zero attached hydrogens (tertiary/aromatic N) is 1. The fourth-order valence-electron chi connectivity index (χ4n) is 3.62. The van der Waals surface area contributed by atoms with Gasteiger partial charge >= 0.3 is 17.9 Å². The molecule has 42 heavy (non-hydrogen) atoms. The van der Waals surface area contributed by atoms with Crippen molar-refractivity contribution in [2.45, 2.75) is 43.1 Å². The van der Waals surface area contributed by atoms with E-state index in [0.29, 0.717) is 25.5 Å². The largest absolute Gasteiger partial charge is 0.497 e. The second kappa shape index (κ2) is 13.1. The van der Waals surface area contributed by atoms with Crippen molar-refractivity contribution in [1.29, 1.82) is 5.26 Å². The molecule has 0 N–H and O–H groups in total. The minimum absolute atomic E-state index is 0.0900. The molecule has 0 aliphatic carbocycles. The van der Waals surface area contributed by atoms with Crippen molar-refractivity contribution >= 4 is 41.4 Å². The maximum Gasteiger partial charge on any atom is 0.350 e. The second-order valence-electron chi connectivity index (χ2n) is 9.67. The summed E-state index contributed by atoms with van der Waals surface area (Å²) in [7, 11) is 1.52. The normalized spacial score (nSPS) is 13.3. The first-order valence-electron chi connectivity index (χ1n) is 12.7. The molecular formula is C31H27NO8S2. The molecule has 1 aliphatic rings. The van der Waals surface area contributed by atoms with Crippen LogP contribution in [0.25, 0.3) is 0 Å². The van der Waals surface area contributed by atoms with Gasteiger partial charge in [0.25, 0.3) is 0 Å². The van der Waals surface area contributed by atoms with E-state index in [-0.39, 0.29) is 34.8 Å². The summed E-state index contributed by atoms with van der Waals surface area (Å²) < 4.78 is 27.7. The van der Waals surface area contributed by atoms with Crippen molar-refractivity contribution in [2.24, 2.45) is 0 Å². The molecule has 0 amide bonds. The van der Waals surface area contributed by atoms with Gasteiger partial charge in [0.2, 0.25) is 0 Å². The number of methoxy groups -OCH3 is 1. The average molecular weight is 606 g/mol. The van der Waals surface area contributed by atoms with E-state index in [1.54, 1.807) is 55.5 Å². The Morgan fingerprint density at radius 3 is 1.67 bits per heavy atom. The first-order valence-corrected chi connectivity index (χ1v) is 14.4. The highest BCUT2D eigenvalue weighted by atomic mass is 32.2. The molecule has 0 fully saturated rings. The summed E-state index contributed by atoms with van der Waals surface area (Å²) in [5.41, 5.74) is -0.0277. The van der Waals surface area contributed by atoms with Gasteiger partial charge < -0.3 is 23.7 Å². The molecule has 0 radical (unpaired) electrons. The molecule has 0 bridgehead atoms. The molecule has 3 aromatic carbocycles. The Morgan fingerprint density at radius 1 is 0.786 bits per heavy atom. The van der Waals surface area contributed by atoms with Crippen molar-refractivity contribution in [1.82, 2.24) is 0 Å². The number of ether oxygens (including phenoxy) is 5. The molecule has 0 spiro atoms. The van der Waals surface area contributed by atoms with Gasteiger partial charge in [-0.1, -0.05) is 23.5 Å². The molecule has 1 heterocycles. The Labute approximate surface area is 251 Å². The first kappa shape index (κ1) is 30.6. The Hall–Kier alpha value is -4.40. The molecule has 11 heteroatoms. The maximum atomic E-state index is 13.1. The summed E-state index contributed by atoms with van der Waals surface area (Å²) in [6, 6.07) is 17.8. The van der Waals surface area contributed by atoms with Gasteiger partial charge in [0.15, 0.2) is 5.57 Å². The molecular weight excluding hydrogens is 578 g/mol. The third kappa shape index (κ3) is 7.26. The molecule has 0 saturated carbocycles. The van der Waals surface area contributed by atoms with Crippen LogP contribution in [0.3, 0.4) is 0 Å². The predicted molar refractivity (Wildman–Crippen MR) is 157 cm³/mol. The number of carbonyl (C=O) groups excluding carboxylic acids is 3. The van der Waals surface area contributed by atoms with Crippen LogP contribution < -0.4 is 18.9 Å². The van der Waals surface area contributed by atoms with Crippen LogP contribution in [0.2, 0.25) is 0 Å². The van der Waals surface area contributed by atoms with Crippen LogP contribution in [0.5, 0.6) is 23.0 Å². The van der Waals surface area contributed by atoms with E-state index in [1.807, 2.05) is 26.8 Å². The third-order valence-corrected chi connectivity index (χ3v) is 8.10. The van der Waals surface area contributed by atoms with Crippen molar-refractivity contribution < 1.29 is 38.1 Å². The van der Waals surface area contributed by atoms with Crippen LogP contribution in [-0.2, 0) is 9.53 Å². The molecule has 0 unspecified atom stereocenters. The summed E-state index contributed by atoms with van der Waals surface area (Å²) >= 11 is 2.10. The monoisotopic (exact) mass is 605 g/mol. The number of carbonyl (C=O) groups is 3. The lowest BCUT2D eigenvalue weighted by Crippen LogP contribution is -2.22. The van der Waals surface area contributed by atoms with Crippen molar-refractivity contribution in [3.63, 3.8) is 0 Å². The summed E-state index contributed by atoms with van der Waals surface area (Å²) in [4.78, 5) is 39.3. The molecule has 3 aromatic rings. The number of hydrogen-bond donors (Lipinski definition) is 0. The van der Waals surface area contributed by atoms with E-state index in [2.05, 4.69) is 0 Å². The quantitative estimate of drug-likeness (QED) is 0.117. The first-order chi connectivity index (χ1) is 20.0. The fraction of sp³-hybridized carbons (Fsp3) is 0.226. The zero-order valence-electron chi connectivity index (χ0n) is 23.5. The molecule has 4 rings (SSSR count). The summed E-state index contributed by atoms with van der Waals surface area (Å²) in [5.74, 6) is -0.513. The predicted octanol–water partition coefficient (Wildman–Crippen LogP) is 6.81. The molecule has 0 saturated heterocycles. The van der Waals surface area contributed by atoms with Gasteiger partial charge in [-0.3, -0.25) is 0 Å². The molecule has 1 aliphatic heterocycles. The number of thioether (sulfide) groups is 2. The number of benzene rings is 3. The third-order valence-electron chi connectivity index (χ3n) is 5.47. The van der Waals surface area contributed by atoms with Crippen LogP contribution >= 0.6 is 23.5 Å². The van der Waals surface area contributed by atoms with Gasteiger partial charge in [-0.2, -0.15) is 5.26 Å². The molecule has 0 atom stereocenters. The molecule has 0 aromatic heterocycles. The number of rotatable bonds is 8. The number of fused-ring (bicyclic) bond motifs is 1. The molecule has 9 nitrogen and oxygen atoms in total. The van der Waals surface area contributed by atoms with Gasteiger partial charge in [-0.05, 0) is 88.4 Å². The highest BCUT2D eigenvalue weighted by Crippen LogP contribution is 2.59. The lowest BCUT2D eigenvalue weighted by molar-refractivity contribution is -0.138. The Balaban J connectivity index is 1.65. The van der Waals surface area contributed by atoms with E-state index in [0.717, 1.165) is 23.5 Å². The van der Waals surface area contributed by atoms with E-state index >= 15 is 0 Å². The van der Waals surface area contributed by atoms with Gasteiger partial charge in [0.05, 0.1) is 38.9 Å².